The van der Waals surface area contributed by atoms with E-state index >= 15 is 0 Å². The molecule has 1 fully saturated rings. The van der Waals surface area contributed by atoms with Gasteiger partial charge >= 0.3 is 0 Å². The lowest BCUT2D eigenvalue weighted by Gasteiger charge is -2.30. The zero-order valence-corrected chi connectivity index (χ0v) is 16.9. The van der Waals surface area contributed by atoms with Crippen LogP contribution in [0.4, 0.5) is 0 Å². The van der Waals surface area contributed by atoms with E-state index in [1.165, 1.54) is 6.07 Å². The van der Waals surface area contributed by atoms with E-state index in [2.05, 4.69) is 17.6 Å². The first-order valence-corrected chi connectivity index (χ1v) is 10.5. The number of hydrogen-bond donors (Lipinski definition) is 2. The van der Waals surface area contributed by atoms with E-state index < -0.39 is 9.84 Å². The molecule has 7 heteroatoms. The van der Waals surface area contributed by atoms with Crippen molar-refractivity contribution in [1.29, 1.82) is 0 Å². The molecule has 2 atom stereocenters. The number of sulfone groups is 1. The van der Waals surface area contributed by atoms with Gasteiger partial charge in [0.1, 0.15) is 0 Å². The van der Waals surface area contributed by atoms with E-state index in [4.69, 9.17) is 0 Å². The summed E-state index contributed by atoms with van der Waals surface area (Å²) in [5.41, 5.74) is 1.11. The van der Waals surface area contributed by atoms with E-state index in [0.717, 1.165) is 25.1 Å². The maximum atomic E-state index is 12.7. The van der Waals surface area contributed by atoms with Gasteiger partial charge in [0.2, 0.25) is 0 Å². The van der Waals surface area contributed by atoms with Gasteiger partial charge in [-0.1, -0.05) is 43.3 Å². The average Bonchev–Trinajstić information content (AvgIpc) is 2.64. The summed E-state index contributed by atoms with van der Waals surface area (Å²) < 4.78 is 25.4. The predicted octanol–water partition coefficient (Wildman–Crippen LogP) is 2.81. The highest BCUT2D eigenvalue weighted by molar-refractivity contribution is 7.90. The van der Waals surface area contributed by atoms with Gasteiger partial charge in [-0.3, -0.25) is 4.79 Å². The van der Waals surface area contributed by atoms with E-state index in [9.17, 15) is 13.2 Å². The van der Waals surface area contributed by atoms with Crippen molar-refractivity contribution in [3.63, 3.8) is 0 Å². The number of nitrogens with one attached hydrogen (secondary N) is 2. The number of amides is 1. The van der Waals surface area contributed by atoms with Gasteiger partial charge in [-0.15, -0.1) is 12.4 Å². The Balaban J connectivity index is 0.00000261. The van der Waals surface area contributed by atoms with Crippen molar-refractivity contribution in [3.8, 4) is 0 Å². The number of rotatable bonds is 5. The molecular weight excluding hydrogens is 384 g/mol. The van der Waals surface area contributed by atoms with Crippen LogP contribution in [0.15, 0.2) is 59.5 Å². The van der Waals surface area contributed by atoms with Crippen LogP contribution < -0.4 is 10.6 Å². The van der Waals surface area contributed by atoms with Crippen LogP contribution >= 0.6 is 12.4 Å². The van der Waals surface area contributed by atoms with Crippen molar-refractivity contribution in [2.75, 3.05) is 13.1 Å². The summed E-state index contributed by atoms with van der Waals surface area (Å²) in [5, 5.41) is 6.34. The average molecular weight is 409 g/mol. The lowest BCUT2D eigenvalue weighted by atomic mass is 9.95. The number of hydrogen-bond acceptors (Lipinski definition) is 4. The quantitative estimate of drug-likeness (QED) is 0.797. The Morgan fingerprint density at radius 1 is 1.15 bits per heavy atom. The van der Waals surface area contributed by atoms with Crippen LogP contribution in [0, 0.1) is 5.92 Å². The molecule has 2 unspecified atom stereocenters. The summed E-state index contributed by atoms with van der Waals surface area (Å²) in [5.74, 6) is 0.0442. The Morgan fingerprint density at radius 2 is 1.89 bits per heavy atom. The second-order valence-electron chi connectivity index (χ2n) is 6.82. The molecule has 3 rings (SSSR count). The molecule has 0 saturated carbocycles. The molecule has 0 radical (unpaired) electrons. The Kier molecular flexibility index (Phi) is 7.41. The molecule has 1 heterocycles. The fourth-order valence-corrected chi connectivity index (χ4v) is 4.58. The highest BCUT2D eigenvalue weighted by atomic mass is 35.5. The number of halogens is 1. The van der Waals surface area contributed by atoms with Crippen molar-refractivity contribution in [3.05, 3.63) is 65.7 Å². The molecule has 2 N–H and O–H groups in total. The van der Waals surface area contributed by atoms with Gasteiger partial charge in [0.05, 0.1) is 10.6 Å². The van der Waals surface area contributed by atoms with Gasteiger partial charge in [0.25, 0.3) is 5.91 Å². The Morgan fingerprint density at radius 3 is 2.59 bits per heavy atom. The smallest absolute Gasteiger partial charge is 0.251 e. The molecule has 0 bridgehead atoms. The first kappa shape index (κ1) is 21.4. The number of piperidine rings is 1. The van der Waals surface area contributed by atoms with Crippen molar-refractivity contribution < 1.29 is 13.2 Å². The van der Waals surface area contributed by atoms with E-state index in [1.807, 2.05) is 18.2 Å². The van der Waals surface area contributed by atoms with Gasteiger partial charge in [-0.2, -0.15) is 0 Å². The fourth-order valence-electron chi connectivity index (χ4n) is 3.19. The highest BCUT2D eigenvalue weighted by Gasteiger charge is 2.24. The second-order valence-corrected chi connectivity index (χ2v) is 8.81. The monoisotopic (exact) mass is 408 g/mol. The van der Waals surface area contributed by atoms with Crippen LogP contribution in [0.5, 0.6) is 0 Å². The van der Waals surface area contributed by atoms with Gasteiger partial charge < -0.3 is 10.6 Å². The Hall–Kier alpha value is -1.89. The van der Waals surface area contributed by atoms with E-state index in [0.29, 0.717) is 11.5 Å². The van der Waals surface area contributed by atoms with E-state index in [1.54, 1.807) is 30.3 Å². The largest absolute Gasteiger partial charge is 0.349 e. The van der Waals surface area contributed by atoms with Gasteiger partial charge in [0, 0.05) is 11.6 Å². The third-order valence-corrected chi connectivity index (χ3v) is 6.44. The molecule has 1 aliphatic heterocycles. The van der Waals surface area contributed by atoms with Gasteiger partial charge in [0.15, 0.2) is 9.84 Å². The van der Waals surface area contributed by atoms with Crippen LogP contribution in [0.2, 0.25) is 0 Å². The fraction of sp³-hybridized carbons (Fsp3) is 0.350. The number of benzene rings is 2. The lowest BCUT2D eigenvalue weighted by molar-refractivity contribution is 0.0914. The Bertz CT molecular complexity index is 872. The number of carbonyl (C=O) groups is 1. The molecule has 2 aromatic carbocycles. The van der Waals surface area contributed by atoms with Crippen LogP contribution in [-0.2, 0) is 15.6 Å². The Labute approximate surface area is 166 Å². The minimum absolute atomic E-state index is 0. The minimum atomic E-state index is -3.50. The second kappa shape index (κ2) is 9.35. The molecule has 0 spiro atoms. The molecule has 5 nitrogen and oxygen atoms in total. The molecular formula is C20H25ClN2O3S. The standard InChI is InChI=1S/C20H24N2O3S.ClH/c1-15-13-21-11-10-19(15)22-20(23)17-8-5-9-18(12-17)26(24,25)14-16-6-3-2-4-7-16;/h2-9,12,15,19,21H,10-11,13-14H2,1H3,(H,22,23);1H. The molecule has 0 aliphatic carbocycles. The molecule has 146 valence electrons. The maximum absolute atomic E-state index is 12.7. The SMILES string of the molecule is CC1CNCCC1NC(=O)c1cccc(S(=O)(=O)Cc2ccccc2)c1.Cl. The molecule has 27 heavy (non-hydrogen) atoms. The van der Waals surface area contributed by atoms with Crippen LogP contribution in [0.1, 0.15) is 29.3 Å². The molecule has 1 saturated heterocycles. The van der Waals surface area contributed by atoms with Crippen molar-refractivity contribution in [2.24, 2.45) is 5.92 Å². The van der Waals surface area contributed by atoms with Gasteiger partial charge in [-0.05, 0) is 49.2 Å². The summed E-state index contributed by atoms with van der Waals surface area (Å²) in [6.45, 7) is 3.84. The lowest BCUT2D eigenvalue weighted by Crippen LogP contribution is -2.48. The van der Waals surface area contributed by atoms with Crippen LogP contribution in [0.25, 0.3) is 0 Å². The topological polar surface area (TPSA) is 75.3 Å². The van der Waals surface area contributed by atoms with Crippen LogP contribution in [-0.4, -0.2) is 33.5 Å². The first-order valence-electron chi connectivity index (χ1n) is 8.84. The molecule has 0 aromatic heterocycles. The summed E-state index contributed by atoms with van der Waals surface area (Å²) in [6.07, 6.45) is 0.874. The zero-order valence-electron chi connectivity index (χ0n) is 15.2. The van der Waals surface area contributed by atoms with Crippen molar-refractivity contribution in [1.82, 2.24) is 10.6 Å². The van der Waals surface area contributed by atoms with Crippen LogP contribution in [0.3, 0.4) is 0 Å². The summed E-state index contributed by atoms with van der Waals surface area (Å²) in [6, 6.07) is 15.4. The third-order valence-electron chi connectivity index (χ3n) is 4.76. The normalized spacial score (nSPS) is 19.7. The molecule has 2 aromatic rings. The van der Waals surface area contributed by atoms with Crippen molar-refractivity contribution in [2.45, 2.75) is 30.0 Å². The summed E-state index contributed by atoms with van der Waals surface area (Å²) >= 11 is 0. The predicted molar refractivity (Wildman–Crippen MR) is 109 cm³/mol. The first-order chi connectivity index (χ1) is 12.5. The third kappa shape index (κ3) is 5.54. The highest BCUT2D eigenvalue weighted by Crippen LogP contribution is 2.18. The van der Waals surface area contributed by atoms with Gasteiger partial charge in [-0.25, -0.2) is 8.42 Å². The summed E-state index contributed by atoms with van der Waals surface area (Å²) in [4.78, 5) is 12.7. The maximum Gasteiger partial charge on any atom is 0.251 e. The molecule has 1 amide bonds. The summed E-state index contributed by atoms with van der Waals surface area (Å²) in [7, 11) is -3.50. The number of carbonyl (C=O) groups excluding carboxylic acids is 1. The molecule has 1 aliphatic rings. The van der Waals surface area contributed by atoms with Crippen molar-refractivity contribution >= 4 is 28.2 Å². The zero-order chi connectivity index (χ0) is 18.6. The minimum Gasteiger partial charge on any atom is -0.349 e. The van der Waals surface area contributed by atoms with E-state index in [-0.39, 0.29) is 35.0 Å².